The van der Waals surface area contributed by atoms with Crippen LogP contribution >= 0.6 is 0 Å². The molecule has 2 rings (SSSR count). The molecule has 0 saturated carbocycles. The quantitative estimate of drug-likeness (QED) is 0.638. The van der Waals surface area contributed by atoms with Crippen LogP contribution in [0.3, 0.4) is 0 Å². The zero-order chi connectivity index (χ0) is 15.6. The molecule has 1 unspecified atom stereocenters. The average molecular weight is 295 g/mol. The Kier molecular flexibility index (Phi) is 3.92. The van der Waals surface area contributed by atoms with Crippen molar-refractivity contribution in [1.82, 2.24) is 5.32 Å². The first kappa shape index (κ1) is 14.6. The largest absolute Gasteiger partial charge is 0.493 e. The molecule has 1 aliphatic rings. The number of nitro groups is 2. The number of fused-ring (bicyclic) bond motifs is 1. The van der Waals surface area contributed by atoms with E-state index in [1.807, 2.05) is 0 Å². The topological polar surface area (TPSA) is 117 Å². The predicted molar refractivity (Wildman–Crippen MR) is 71.3 cm³/mol. The van der Waals surface area contributed by atoms with Gasteiger partial charge in [0.05, 0.1) is 12.0 Å². The van der Waals surface area contributed by atoms with Crippen molar-refractivity contribution in [3.05, 3.63) is 55.6 Å². The number of benzene rings is 1. The van der Waals surface area contributed by atoms with E-state index in [2.05, 4.69) is 5.32 Å². The molecule has 0 aliphatic carbocycles. The van der Waals surface area contributed by atoms with Crippen molar-refractivity contribution in [2.24, 2.45) is 0 Å². The molecule has 21 heavy (non-hydrogen) atoms. The van der Waals surface area contributed by atoms with Gasteiger partial charge in [-0.1, -0.05) is 12.1 Å². The Bertz CT molecular complexity index is 627. The fourth-order valence-corrected chi connectivity index (χ4v) is 2.26. The lowest BCUT2D eigenvalue weighted by Crippen LogP contribution is -2.30. The molecule has 1 aromatic rings. The van der Waals surface area contributed by atoms with E-state index < -0.39 is 22.3 Å². The summed E-state index contributed by atoms with van der Waals surface area (Å²) in [5.41, 5.74) is -0.00768. The molecule has 0 fully saturated rings. The minimum Gasteiger partial charge on any atom is -0.493 e. The molecule has 0 bridgehead atoms. The number of hydrogen-bond donors (Lipinski definition) is 1. The van der Waals surface area contributed by atoms with Crippen LogP contribution in [0, 0.1) is 20.2 Å². The van der Waals surface area contributed by atoms with E-state index in [4.69, 9.17) is 9.47 Å². The van der Waals surface area contributed by atoms with Crippen LogP contribution in [0.25, 0.3) is 0 Å². The highest BCUT2D eigenvalue weighted by Crippen LogP contribution is 2.43. The standard InChI is InChI=1S/C12H13N3O6/c1-13-12-10(15(18)19)8(6-14(16)17)7-4-3-5-9(20-2)11(7)21-12/h3-5,8,13H,6H2,1-2H3. The van der Waals surface area contributed by atoms with Crippen molar-refractivity contribution in [1.29, 1.82) is 0 Å². The summed E-state index contributed by atoms with van der Waals surface area (Å²) in [4.78, 5) is 20.9. The Morgan fingerprint density at radius 2 is 2.10 bits per heavy atom. The number of nitrogens with one attached hydrogen (secondary N) is 1. The molecule has 0 amide bonds. The van der Waals surface area contributed by atoms with Crippen LogP contribution in [0.4, 0.5) is 0 Å². The number of hydrogen-bond acceptors (Lipinski definition) is 7. The summed E-state index contributed by atoms with van der Waals surface area (Å²) in [6.45, 7) is -0.606. The van der Waals surface area contributed by atoms with Crippen molar-refractivity contribution in [2.75, 3.05) is 20.7 Å². The molecule has 0 spiro atoms. The second-order valence-electron chi connectivity index (χ2n) is 4.27. The van der Waals surface area contributed by atoms with Crippen molar-refractivity contribution in [3.63, 3.8) is 0 Å². The van der Waals surface area contributed by atoms with Gasteiger partial charge in [-0.3, -0.25) is 20.2 Å². The van der Waals surface area contributed by atoms with E-state index in [-0.39, 0.29) is 17.3 Å². The lowest BCUT2D eigenvalue weighted by molar-refractivity contribution is -0.495. The van der Waals surface area contributed by atoms with Crippen LogP contribution < -0.4 is 14.8 Å². The molecule has 9 heteroatoms. The highest BCUT2D eigenvalue weighted by molar-refractivity contribution is 5.53. The molecular weight excluding hydrogens is 282 g/mol. The van der Waals surface area contributed by atoms with Crippen molar-refractivity contribution >= 4 is 0 Å². The van der Waals surface area contributed by atoms with Gasteiger partial charge in [0.2, 0.25) is 6.54 Å². The van der Waals surface area contributed by atoms with E-state index in [0.717, 1.165) is 0 Å². The summed E-state index contributed by atoms with van der Waals surface area (Å²) >= 11 is 0. The normalized spacial score (nSPS) is 16.8. The molecule has 1 atom stereocenters. The van der Waals surface area contributed by atoms with Gasteiger partial charge >= 0.3 is 5.70 Å². The Labute approximate surface area is 119 Å². The maximum atomic E-state index is 11.3. The maximum Gasteiger partial charge on any atom is 0.319 e. The van der Waals surface area contributed by atoms with Crippen molar-refractivity contribution in [3.8, 4) is 11.5 Å². The van der Waals surface area contributed by atoms with Crippen LogP contribution in [0.15, 0.2) is 29.8 Å². The molecule has 1 heterocycles. The number of para-hydroxylation sites is 1. The first-order valence-electron chi connectivity index (χ1n) is 6.02. The number of rotatable bonds is 5. The first-order chi connectivity index (χ1) is 9.99. The molecule has 1 aromatic carbocycles. The molecule has 1 N–H and O–H groups in total. The Hall–Kier alpha value is -2.84. The van der Waals surface area contributed by atoms with Crippen molar-refractivity contribution < 1.29 is 19.3 Å². The summed E-state index contributed by atoms with van der Waals surface area (Å²) < 4.78 is 10.6. The van der Waals surface area contributed by atoms with Gasteiger partial charge in [0, 0.05) is 17.5 Å². The first-order valence-corrected chi connectivity index (χ1v) is 6.02. The van der Waals surface area contributed by atoms with E-state index >= 15 is 0 Å². The van der Waals surface area contributed by atoms with Gasteiger partial charge < -0.3 is 14.8 Å². The second kappa shape index (κ2) is 5.65. The molecule has 9 nitrogen and oxygen atoms in total. The lowest BCUT2D eigenvalue weighted by atomic mass is 9.92. The van der Waals surface area contributed by atoms with Gasteiger partial charge in [-0.15, -0.1) is 0 Å². The molecule has 112 valence electrons. The van der Waals surface area contributed by atoms with E-state index in [1.54, 1.807) is 18.2 Å². The molecule has 0 aromatic heterocycles. The van der Waals surface area contributed by atoms with Crippen LogP contribution in [0.2, 0.25) is 0 Å². The Balaban J connectivity index is 2.64. The number of methoxy groups -OCH3 is 1. The number of ether oxygens (including phenoxy) is 2. The third-order valence-electron chi connectivity index (χ3n) is 3.13. The zero-order valence-electron chi connectivity index (χ0n) is 11.4. The third kappa shape index (κ3) is 2.57. The SMILES string of the molecule is CNC1=C([N+](=O)[O-])C(C[N+](=O)[O-])c2cccc(OC)c2O1. The molecular formula is C12H13N3O6. The summed E-state index contributed by atoms with van der Waals surface area (Å²) in [6, 6.07) is 4.78. The summed E-state index contributed by atoms with van der Waals surface area (Å²) in [7, 11) is 2.87. The van der Waals surface area contributed by atoms with E-state index in [1.165, 1.54) is 14.2 Å². The van der Waals surface area contributed by atoms with Crippen LogP contribution in [-0.4, -0.2) is 30.5 Å². The average Bonchev–Trinajstić information content (AvgIpc) is 2.45. The molecule has 0 saturated heterocycles. The Morgan fingerprint density at radius 1 is 1.38 bits per heavy atom. The van der Waals surface area contributed by atoms with E-state index in [0.29, 0.717) is 11.3 Å². The molecule has 1 aliphatic heterocycles. The van der Waals surface area contributed by atoms with Gasteiger partial charge in [-0.2, -0.15) is 0 Å². The van der Waals surface area contributed by atoms with Crippen LogP contribution in [-0.2, 0) is 0 Å². The summed E-state index contributed by atoms with van der Waals surface area (Å²) in [5, 5.41) is 24.7. The summed E-state index contributed by atoms with van der Waals surface area (Å²) in [6.07, 6.45) is 0. The van der Waals surface area contributed by atoms with Crippen LogP contribution in [0.1, 0.15) is 11.5 Å². The zero-order valence-corrected chi connectivity index (χ0v) is 11.4. The fraction of sp³-hybridized carbons (Fsp3) is 0.333. The second-order valence-corrected chi connectivity index (χ2v) is 4.27. The van der Waals surface area contributed by atoms with Gasteiger partial charge in [0.15, 0.2) is 11.5 Å². The van der Waals surface area contributed by atoms with Crippen molar-refractivity contribution in [2.45, 2.75) is 5.92 Å². The van der Waals surface area contributed by atoms with Gasteiger partial charge in [-0.25, -0.2) is 0 Å². The van der Waals surface area contributed by atoms with Gasteiger partial charge in [-0.05, 0) is 6.07 Å². The predicted octanol–water partition coefficient (Wildman–Crippen LogP) is 1.11. The number of nitrogens with zero attached hydrogens (tertiary/aromatic N) is 2. The minimum absolute atomic E-state index is 0.121. The fourth-order valence-electron chi connectivity index (χ4n) is 2.26. The Morgan fingerprint density at radius 3 is 2.62 bits per heavy atom. The van der Waals surface area contributed by atoms with Crippen LogP contribution in [0.5, 0.6) is 11.5 Å². The third-order valence-corrected chi connectivity index (χ3v) is 3.13. The maximum absolute atomic E-state index is 11.3. The monoisotopic (exact) mass is 295 g/mol. The lowest BCUT2D eigenvalue weighted by Gasteiger charge is -2.24. The molecule has 0 radical (unpaired) electrons. The summed E-state index contributed by atoms with van der Waals surface area (Å²) in [5.74, 6) is -0.530. The highest BCUT2D eigenvalue weighted by Gasteiger charge is 2.42. The van der Waals surface area contributed by atoms with Gasteiger partial charge in [0.1, 0.15) is 5.92 Å². The smallest absolute Gasteiger partial charge is 0.319 e. The minimum atomic E-state index is -1.02. The highest BCUT2D eigenvalue weighted by atomic mass is 16.6. The van der Waals surface area contributed by atoms with E-state index in [9.17, 15) is 20.2 Å². The van der Waals surface area contributed by atoms with Gasteiger partial charge in [0.25, 0.3) is 5.88 Å².